The van der Waals surface area contributed by atoms with Gasteiger partial charge in [0.25, 0.3) is 0 Å². The van der Waals surface area contributed by atoms with Crippen LogP contribution in [0.2, 0.25) is 0 Å². The molecule has 124 valence electrons. The molecule has 0 saturated heterocycles. The summed E-state index contributed by atoms with van der Waals surface area (Å²) in [5.41, 5.74) is 2.31. The molecule has 5 heteroatoms. The average Bonchev–Trinajstić information content (AvgIpc) is 2.59. The Morgan fingerprint density at radius 3 is 2.61 bits per heavy atom. The molecule has 3 atom stereocenters. The first-order chi connectivity index (χ1) is 11.0. The number of hydrogen-bond acceptors (Lipinski definition) is 4. The highest BCUT2D eigenvalue weighted by Crippen LogP contribution is 2.42. The van der Waals surface area contributed by atoms with E-state index in [1.54, 1.807) is 0 Å². The lowest BCUT2D eigenvalue weighted by Gasteiger charge is -2.34. The van der Waals surface area contributed by atoms with E-state index in [0.717, 1.165) is 36.9 Å². The fourth-order valence-electron chi connectivity index (χ4n) is 3.34. The Kier molecular flexibility index (Phi) is 6.35. The third kappa shape index (κ3) is 4.42. The molecular formula is C18H25N3OS. The number of amides is 1. The van der Waals surface area contributed by atoms with Crippen LogP contribution in [0.3, 0.4) is 0 Å². The zero-order chi connectivity index (χ0) is 16.8. The molecule has 23 heavy (non-hydrogen) atoms. The second kappa shape index (κ2) is 8.26. The van der Waals surface area contributed by atoms with Gasteiger partial charge in [0.15, 0.2) is 0 Å². The molecule has 0 bridgehead atoms. The van der Waals surface area contributed by atoms with Gasteiger partial charge in [-0.05, 0) is 36.5 Å². The quantitative estimate of drug-likeness (QED) is 0.644. The monoisotopic (exact) mass is 331 g/mol. The van der Waals surface area contributed by atoms with E-state index < -0.39 is 0 Å². The Hall–Kier alpha value is -1.67. The Morgan fingerprint density at radius 1 is 1.35 bits per heavy atom. The van der Waals surface area contributed by atoms with E-state index in [-0.39, 0.29) is 29.5 Å². The highest BCUT2D eigenvalue weighted by molar-refractivity contribution is 7.80. The summed E-state index contributed by atoms with van der Waals surface area (Å²) in [6, 6.07) is 10.4. The fourth-order valence-corrected chi connectivity index (χ4v) is 3.87. The summed E-state index contributed by atoms with van der Waals surface area (Å²) in [5.74, 6) is 0.171. The summed E-state index contributed by atoms with van der Waals surface area (Å²) in [4.78, 5) is 14.4. The van der Waals surface area contributed by atoms with Gasteiger partial charge < -0.3 is 10.2 Å². The summed E-state index contributed by atoms with van der Waals surface area (Å²) >= 11 is 4.83. The molecule has 0 spiro atoms. The molecule has 1 aromatic carbocycles. The van der Waals surface area contributed by atoms with Crippen LogP contribution < -0.4 is 10.2 Å². The molecule has 4 nitrogen and oxygen atoms in total. The first-order valence-electron chi connectivity index (χ1n) is 8.14. The number of nitrogens with one attached hydrogen (secondary N) is 1. The van der Waals surface area contributed by atoms with Gasteiger partial charge in [0, 0.05) is 31.0 Å². The predicted molar refractivity (Wildman–Crippen MR) is 96.6 cm³/mol. The number of nitrogens with zero attached hydrogens (tertiary/aromatic N) is 2. The van der Waals surface area contributed by atoms with Gasteiger partial charge >= 0.3 is 0 Å². The Morgan fingerprint density at radius 2 is 2.00 bits per heavy atom. The number of rotatable bonds is 5. The van der Waals surface area contributed by atoms with Crippen molar-refractivity contribution in [3.05, 3.63) is 29.8 Å². The van der Waals surface area contributed by atoms with E-state index in [2.05, 4.69) is 34.5 Å². The molecular weight excluding hydrogens is 306 g/mol. The summed E-state index contributed by atoms with van der Waals surface area (Å²) in [6.45, 7) is 0.0802. The van der Waals surface area contributed by atoms with Gasteiger partial charge in [-0.1, -0.05) is 25.0 Å². The van der Waals surface area contributed by atoms with Gasteiger partial charge in [-0.25, -0.2) is 0 Å². The van der Waals surface area contributed by atoms with Crippen LogP contribution in [0.25, 0.3) is 0 Å². The molecule has 0 aromatic heterocycles. The van der Waals surface area contributed by atoms with Crippen LogP contribution in [-0.4, -0.2) is 26.5 Å². The highest BCUT2D eigenvalue weighted by atomic mass is 32.1. The van der Waals surface area contributed by atoms with Crippen molar-refractivity contribution in [1.29, 1.82) is 5.26 Å². The number of carbonyl (C=O) groups is 1. The molecule has 1 aromatic rings. The summed E-state index contributed by atoms with van der Waals surface area (Å²) < 4.78 is 0. The van der Waals surface area contributed by atoms with Crippen LogP contribution in [0.1, 0.15) is 36.5 Å². The van der Waals surface area contributed by atoms with Crippen molar-refractivity contribution in [1.82, 2.24) is 5.32 Å². The molecule has 0 radical (unpaired) electrons. The molecule has 1 saturated carbocycles. The van der Waals surface area contributed by atoms with Crippen molar-refractivity contribution in [2.45, 2.75) is 30.9 Å². The van der Waals surface area contributed by atoms with Gasteiger partial charge in [0.1, 0.15) is 6.54 Å². The average molecular weight is 331 g/mol. The van der Waals surface area contributed by atoms with Crippen molar-refractivity contribution in [3.8, 4) is 6.07 Å². The van der Waals surface area contributed by atoms with Crippen LogP contribution in [0.4, 0.5) is 5.69 Å². The van der Waals surface area contributed by atoms with Crippen molar-refractivity contribution < 1.29 is 4.79 Å². The number of hydrogen-bond donors (Lipinski definition) is 2. The van der Waals surface area contributed by atoms with E-state index in [4.69, 9.17) is 17.9 Å². The normalized spacial score (nSPS) is 22.0. The zero-order valence-corrected chi connectivity index (χ0v) is 14.7. The van der Waals surface area contributed by atoms with Crippen LogP contribution in [-0.2, 0) is 4.79 Å². The van der Waals surface area contributed by atoms with E-state index in [9.17, 15) is 4.79 Å². The number of carbonyl (C=O) groups excluding carboxylic acids is 1. The molecule has 2 rings (SSSR count). The largest absolute Gasteiger partial charge is 0.378 e. The van der Waals surface area contributed by atoms with Crippen molar-refractivity contribution in [3.63, 3.8) is 0 Å². The SMILES string of the molecule is CN(C)c1ccc(C(S)[C@H]2CCCC[C@@H]2C(=O)NCC#N)cc1. The maximum atomic E-state index is 12.3. The van der Waals surface area contributed by atoms with Crippen molar-refractivity contribution >= 4 is 24.2 Å². The minimum atomic E-state index is -0.0480. The van der Waals surface area contributed by atoms with Crippen LogP contribution in [0.5, 0.6) is 0 Å². The first kappa shape index (κ1) is 17.7. The lowest BCUT2D eigenvalue weighted by atomic mass is 9.75. The number of benzene rings is 1. The first-order valence-corrected chi connectivity index (χ1v) is 8.66. The van der Waals surface area contributed by atoms with Gasteiger partial charge in [-0.15, -0.1) is 0 Å². The summed E-state index contributed by atoms with van der Waals surface area (Å²) in [7, 11) is 4.04. The van der Waals surface area contributed by atoms with Gasteiger partial charge in [-0.2, -0.15) is 17.9 Å². The van der Waals surface area contributed by atoms with E-state index >= 15 is 0 Å². The molecule has 0 heterocycles. The van der Waals surface area contributed by atoms with Crippen molar-refractivity contribution in [2.75, 3.05) is 25.5 Å². The van der Waals surface area contributed by atoms with Gasteiger partial charge in [0.05, 0.1) is 6.07 Å². The zero-order valence-electron chi connectivity index (χ0n) is 13.8. The third-order valence-corrected chi connectivity index (χ3v) is 5.34. The summed E-state index contributed by atoms with van der Waals surface area (Å²) in [5, 5.41) is 11.4. The number of thiol groups is 1. The van der Waals surface area contributed by atoms with E-state index in [0.29, 0.717) is 0 Å². The Balaban J connectivity index is 2.12. The molecule has 1 unspecified atom stereocenters. The summed E-state index contributed by atoms with van der Waals surface area (Å²) in [6.07, 6.45) is 4.10. The van der Waals surface area contributed by atoms with Gasteiger partial charge in [-0.3, -0.25) is 4.79 Å². The smallest absolute Gasteiger partial charge is 0.224 e. The fraction of sp³-hybridized carbons (Fsp3) is 0.556. The van der Waals surface area contributed by atoms with Crippen LogP contribution >= 0.6 is 12.6 Å². The highest BCUT2D eigenvalue weighted by Gasteiger charge is 2.35. The molecule has 1 N–H and O–H groups in total. The van der Waals surface area contributed by atoms with Crippen LogP contribution in [0.15, 0.2) is 24.3 Å². The Bertz CT molecular complexity index is 565. The van der Waals surface area contributed by atoms with Crippen LogP contribution in [0, 0.1) is 23.2 Å². The minimum absolute atomic E-state index is 0.000196. The van der Waals surface area contributed by atoms with Gasteiger partial charge in [0.2, 0.25) is 5.91 Å². The second-order valence-corrected chi connectivity index (χ2v) is 6.92. The van der Waals surface area contributed by atoms with E-state index in [1.807, 2.05) is 20.2 Å². The number of anilines is 1. The predicted octanol–water partition coefficient (Wildman–Crippen LogP) is 3.17. The second-order valence-electron chi connectivity index (χ2n) is 6.36. The van der Waals surface area contributed by atoms with E-state index in [1.165, 1.54) is 0 Å². The molecule has 1 fully saturated rings. The standard InChI is InChI=1S/C18H25N3OS/c1-21(2)14-9-7-13(8-10-14)17(23)15-5-3-4-6-16(15)18(22)20-12-11-19/h7-10,15-17,23H,3-6,12H2,1-2H3,(H,20,22)/t15-,16-,17?/m0/s1. The molecule has 1 amide bonds. The molecule has 1 aliphatic rings. The molecule has 0 aliphatic heterocycles. The maximum Gasteiger partial charge on any atom is 0.224 e. The molecule has 1 aliphatic carbocycles. The Labute approximate surface area is 144 Å². The third-order valence-electron chi connectivity index (χ3n) is 4.65. The minimum Gasteiger partial charge on any atom is -0.378 e. The topological polar surface area (TPSA) is 56.1 Å². The lowest BCUT2D eigenvalue weighted by molar-refractivity contribution is -0.127. The maximum absolute atomic E-state index is 12.3. The number of nitriles is 1. The van der Waals surface area contributed by atoms with Crippen molar-refractivity contribution in [2.24, 2.45) is 11.8 Å². The lowest BCUT2D eigenvalue weighted by Crippen LogP contribution is -2.38.